The van der Waals surface area contributed by atoms with E-state index in [-0.39, 0.29) is 2.85 Å². The largest absolute Gasteiger partial charge is 0.360 e. The number of aromatic amines is 2. The van der Waals surface area contributed by atoms with Crippen molar-refractivity contribution in [1.29, 1.82) is 0 Å². The van der Waals surface area contributed by atoms with Gasteiger partial charge in [0, 0.05) is 31.4 Å². The van der Waals surface area contributed by atoms with Gasteiger partial charge in [0.05, 0.1) is 11.0 Å². The first kappa shape index (κ1) is 9.77. The van der Waals surface area contributed by atoms with Crippen molar-refractivity contribution in [2.75, 3.05) is 0 Å². The summed E-state index contributed by atoms with van der Waals surface area (Å²) in [5.74, 6) is 0. The van der Waals surface area contributed by atoms with E-state index in [2.05, 4.69) is 60.5 Å². The summed E-state index contributed by atoms with van der Waals surface area (Å²) in [4.78, 5) is 6.82. The number of nitrogens with one attached hydrogen (secondary N) is 2. The highest BCUT2D eigenvalue weighted by molar-refractivity contribution is 6.18. The minimum Gasteiger partial charge on any atom is -0.360 e. The molecule has 0 atom stereocenters. The smallest absolute Gasteiger partial charge is 0.0557 e. The maximum absolute atomic E-state index is 3.41. The van der Waals surface area contributed by atoms with Crippen LogP contribution in [0.25, 0.3) is 32.6 Å². The number of fused-ring (bicyclic) bond motifs is 5. The number of hydrogen-bond acceptors (Lipinski definition) is 0. The van der Waals surface area contributed by atoms with Crippen molar-refractivity contribution < 1.29 is 2.85 Å². The zero-order chi connectivity index (χ0) is 12.3. The van der Waals surface area contributed by atoms with Gasteiger partial charge in [0.15, 0.2) is 0 Å². The van der Waals surface area contributed by atoms with Crippen LogP contribution < -0.4 is 0 Å². The van der Waals surface area contributed by atoms with Gasteiger partial charge >= 0.3 is 0 Å². The van der Waals surface area contributed by atoms with Crippen molar-refractivity contribution in [1.82, 2.24) is 9.97 Å². The van der Waals surface area contributed by atoms with Crippen molar-refractivity contribution in [2.24, 2.45) is 0 Å². The predicted octanol–water partition coefficient (Wildman–Crippen LogP) is 4.91. The second kappa shape index (κ2) is 3.16. The second-order valence-corrected chi connectivity index (χ2v) is 5.02. The van der Waals surface area contributed by atoms with Crippen LogP contribution in [0, 0.1) is 13.8 Å². The summed E-state index contributed by atoms with van der Waals surface area (Å²) >= 11 is 0. The van der Waals surface area contributed by atoms with Gasteiger partial charge in [0.2, 0.25) is 0 Å². The zero-order valence-electron chi connectivity index (χ0n) is 10.5. The topological polar surface area (TPSA) is 31.6 Å². The summed E-state index contributed by atoms with van der Waals surface area (Å²) in [6.45, 7) is 4.29. The van der Waals surface area contributed by atoms with E-state index in [1.165, 1.54) is 43.7 Å². The lowest BCUT2D eigenvalue weighted by molar-refractivity contribution is 1.42. The minimum absolute atomic E-state index is 0. The number of rotatable bonds is 0. The number of H-pyrrole nitrogens is 2. The first-order valence-electron chi connectivity index (χ1n) is 6.23. The molecule has 2 aromatic carbocycles. The molecule has 92 valence electrons. The van der Waals surface area contributed by atoms with Gasteiger partial charge in [-0.2, -0.15) is 0 Å². The Morgan fingerprint density at radius 2 is 1.28 bits per heavy atom. The Hall–Kier alpha value is -2.22. The van der Waals surface area contributed by atoms with Gasteiger partial charge in [-0.15, -0.1) is 0 Å². The molecular formula is C16H18N2. The highest BCUT2D eigenvalue weighted by Crippen LogP contribution is 2.33. The van der Waals surface area contributed by atoms with Gasteiger partial charge in [0.25, 0.3) is 0 Å². The Labute approximate surface area is 108 Å². The number of benzene rings is 2. The Morgan fingerprint density at radius 3 is 1.78 bits per heavy atom. The van der Waals surface area contributed by atoms with E-state index >= 15 is 0 Å². The van der Waals surface area contributed by atoms with Crippen LogP contribution in [0.4, 0.5) is 0 Å². The van der Waals surface area contributed by atoms with Crippen molar-refractivity contribution >= 4 is 32.6 Å². The average Bonchev–Trinajstić information content (AvgIpc) is 2.94. The van der Waals surface area contributed by atoms with Crippen molar-refractivity contribution in [2.45, 2.75) is 13.8 Å². The summed E-state index contributed by atoms with van der Waals surface area (Å²) in [5, 5.41) is 5.19. The van der Waals surface area contributed by atoms with Gasteiger partial charge in [-0.1, -0.05) is 24.3 Å². The Kier molecular flexibility index (Phi) is 1.72. The van der Waals surface area contributed by atoms with E-state index in [1.807, 2.05) is 0 Å². The molecule has 0 aliphatic rings. The SMILES string of the molecule is Cc1c[nH]c2c1ccc1ccc3c(C)c[nH]c3c12.[HH].[HH]. The van der Waals surface area contributed by atoms with Gasteiger partial charge in [0.1, 0.15) is 0 Å². The highest BCUT2D eigenvalue weighted by Gasteiger charge is 2.09. The maximum Gasteiger partial charge on any atom is 0.0557 e. The maximum atomic E-state index is 3.41. The highest BCUT2D eigenvalue weighted by atomic mass is 14.7. The fraction of sp³-hybridized carbons (Fsp3) is 0.125. The summed E-state index contributed by atoms with van der Waals surface area (Å²) in [5.41, 5.74) is 5.06. The lowest BCUT2D eigenvalue weighted by Crippen LogP contribution is -1.79. The molecule has 2 heterocycles. The Balaban J connectivity index is 0.000000735. The van der Waals surface area contributed by atoms with E-state index in [4.69, 9.17) is 0 Å². The molecule has 0 amide bonds. The van der Waals surface area contributed by atoms with Gasteiger partial charge in [-0.3, -0.25) is 0 Å². The summed E-state index contributed by atoms with van der Waals surface area (Å²) < 4.78 is 0. The number of aromatic nitrogens is 2. The van der Waals surface area contributed by atoms with Crippen LogP contribution in [-0.2, 0) is 0 Å². The molecule has 0 aliphatic heterocycles. The molecule has 4 rings (SSSR count). The molecule has 2 nitrogen and oxygen atoms in total. The Morgan fingerprint density at radius 1 is 0.778 bits per heavy atom. The number of hydrogen-bond donors (Lipinski definition) is 2. The molecule has 2 N–H and O–H groups in total. The molecule has 2 heteroatoms. The van der Waals surface area contributed by atoms with Crippen LogP contribution in [0.3, 0.4) is 0 Å². The van der Waals surface area contributed by atoms with Crippen LogP contribution in [-0.4, -0.2) is 9.97 Å². The van der Waals surface area contributed by atoms with Crippen molar-refractivity contribution in [3.63, 3.8) is 0 Å². The quantitative estimate of drug-likeness (QED) is 0.436. The summed E-state index contributed by atoms with van der Waals surface area (Å²) in [7, 11) is 0. The monoisotopic (exact) mass is 238 g/mol. The van der Waals surface area contributed by atoms with Crippen LogP contribution in [0.5, 0.6) is 0 Å². The molecule has 0 saturated heterocycles. The van der Waals surface area contributed by atoms with Crippen LogP contribution in [0.15, 0.2) is 36.7 Å². The predicted molar refractivity (Wildman–Crippen MR) is 81.4 cm³/mol. The third-order valence-corrected chi connectivity index (χ3v) is 3.90. The van der Waals surface area contributed by atoms with E-state index in [0.717, 1.165) is 0 Å². The molecule has 18 heavy (non-hydrogen) atoms. The molecule has 4 aromatic rings. The third-order valence-electron chi connectivity index (χ3n) is 3.90. The zero-order valence-corrected chi connectivity index (χ0v) is 10.5. The molecular weight excluding hydrogens is 220 g/mol. The fourth-order valence-corrected chi connectivity index (χ4v) is 2.89. The molecule has 0 bridgehead atoms. The molecule has 0 radical (unpaired) electrons. The third kappa shape index (κ3) is 1.07. The van der Waals surface area contributed by atoms with Gasteiger partial charge in [-0.25, -0.2) is 0 Å². The van der Waals surface area contributed by atoms with Crippen molar-refractivity contribution in [3.05, 3.63) is 47.8 Å². The summed E-state index contributed by atoms with van der Waals surface area (Å²) in [6.07, 6.45) is 4.16. The first-order chi connectivity index (χ1) is 8.75. The standard InChI is InChI=1S/C16H14N2.2H2/c1-9-7-17-15-12(9)5-3-11-4-6-13-10(2)8-18-16(13)14(11)15;;/h3-8,17-18H,1-2H3;2*1H. The first-order valence-corrected chi connectivity index (χ1v) is 6.23. The molecule has 0 spiro atoms. The van der Waals surface area contributed by atoms with Crippen molar-refractivity contribution in [3.8, 4) is 0 Å². The lowest BCUT2D eigenvalue weighted by Gasteiger charge is -2.03. The summed E-state index contributed by atoms with van der Waals surface area (Å²) in [6, 6.07) is 8.80. The van der Waals surface area contributed by atoms with Gasteiger partial charge in [-0.05, 0) is 30.4 Å². The van der Waals surface area contributed by atoms with E-state index in [0.29, 0.717) is 0 Å². The van der Waals surface area contributed by atoms with Crippen LogP contribution in [0.2, 0.25) is 0 Å². The molecule has 0 aliphatic carbocycles. The van der Waals surface area contributed by atoms with E-state index in [9.17, 15) is 0 Å². The molecule has 0 fully saturated rings. The molecule has 0 unspecified atom stereocenters. The van der Waals surface area contributed by atoms with Gasteiger partial charge < -0.3 is 9.97 Å². The van der Waals surface area contributed by atoms with Crippen LogP contribution in [0.1, 0.15) is 14.0 Å². The lowest BCUT2D eigenvalue weighted by atomic mass is 10.0. The molecule has 2 aromatic heterocycles. The molecule has 0 saturated carbocycles. The van der Waals surface area contributed by atoms with Crippen LogP contribution >= 0.6 is 0 Å². The fourth-order valence-electron chi connectivity index (χ4n) is 2.89. The normalized spacial score (nSPS) is 11.9. The van der Waals surface area contributed by atoms with E-state index < -0.39 is 0 Å². The minimum atomic E-state index is 0. The average molecular weight is 238 g/mol. The number of aryl methyl sites for hydroxylation is 2. The second-order valence-electron chi connectivity index (χ2n) is 5.02. The van der Waals surface area contributed by atoms with E-state index in [1.54, 1.807) is 0 Å². The Bertz CT molecular complexity index is 832.